The van der Waals surface area contributed by atoms with Gasteiger partial charge >= 0.3 is 0 Å². The first kappa shape index (κ1) is 17.6. The van der Waals surface area contributed by atoms with Crippen molar-refractivity contribution in [3.05, 3.63) is 34.9 Å². The Morgan fingerprint density at radius 2 is 1.82 bits per heavy atom. The van der Waals surface area contributed by atoms with Gasteiger partial charge in [0.05, 0.1) is 5.56 Å². The molecule has 2 aromatic heterocycles. The van der Waals surface area contributed by atoms with E-state index < -0.39 is 0 Å². The van der Waals surface area contributed by atoms with Crippen LogP contribution in [-0.4, -0.2) is 28.2 Å². The molecular weight excluding hydrogens is 355 g/mol. The van der Waals surface area contributed by atoms with Crippen LogP contribution in [0.4, 0.5) is 10.2 Å². The van der Waals surface area contributed by atoms with Crippen LogP contribution >= 0.6 is 0 Å². The average molecular weight is 380 g/mol. The van der Waals surface area contributed by atoms with Gasteiger partial charge in [-0.25, -0.2) is 9.37 Å². The molecule has 6 heteroatoms. The summed E-state index contributed by atoms with van der Waals surface area (Å²) in [5, 5.41) is 4.83. The second-order valence-corrected chi connectivity index (χ2v) is 8.42. The number of anilines is 1. The van der Waals surface area contributed by atoms with Gasteiger partial charge in [0.15, 0.2) is 5.82 Å². The number of aromatic nitrogens is 3. The molecule has 3 aromatic rings. The Balaban J connectivity index is 1.74. The summed E-state index contributed by atoms with van der Waals surface area (Å²) >= 11 is 0. The Labute approximate surface area is 164 Å². The molecule has 0 atom stereocenters. The molecule has 0 unspecified atom stereocenters. The summed E-state index contributed by atoms with van der Waals surface area (Å²) in [6.45, 7) is 7.91. The summed E-state index contributed by atoms with van der Waals surface area (Å²) in [7, 11) is 0. The minimum atomic E-state index is -0.234. The third-order valence-electron chi connectivity index (χ3n) is 6.18. The highest BCUT2D eigenvalue weighted by atomic mass is 19.1. The second kappa shape index (κ2) is 6.54. The fourth-order valence-electron chi connectivity index (χ4n) is 4.24. The zero-order chi connectivity index (χ0) is 19.4. The Morgan fingerprint density at radius 1 is 1.07 bits per heavy atom. The van der Waals surface area contributed by atoms with Gasteiger partial charge in [-0.3, -0.25) is 0 Å². The van der Waals surface area contributed by atoms with E-state index in [1.165, 1.54) is 0 Å². The predicted octanol–water partition coefficient (Wildman–Crippen LogP) is 5.15. The molecule has 2 fully saturated rings. The highest BCUT2D eigenvalue weighted by Gasteiger charge is 2.29. The molecule has 5 nitrogen and oxygen atoms in total. The molecule has 1 aliphatic heterocycles. The maximum atomic E-state index is 15.0. The molecular formula is C22H25FN4O. The first-order chi connectivity index (χ1) is 13.5. The van der Waals surface area contributed by atoms with Crippen molar-refractivity contribution in [2.45, 2.75) is 52.4 Å². The van der Waals surface area contributed by atoms with Gasteiger partial charge in [0.1, 0.15) is 17.2 Å². The number of hydrogen-bond acceptors (Lipinski definition) is 5. The lowest BCUT2D eigenvalue weighted by Crippen LogP contribution is -2.34. The molecule has 1 aromatic carbocycles. The van der Waals surface area contributed by atoms with Crippen LogP contribution in [0.2, 0.25) is 0 Å². The summed E-state index contributed by atoms with van der Waals surface area (Å²) in [5.74, 6) is 2.77. The van der Waals surface area contributed by atoms with Crippen molar-refractivity contribution in [2.75, 3.05) is 18.0 Å². The lowest BCUT2D eigenvalue weighted by molar-refractivity contribution is 0.423. The number of halogens is 1. The van der Waals surface area contributed by atoms with E-state index in [9.17, 15) is 0 Å². The van der Waals surface area contributed by atoms with E-state index in [4.69, 9.17) is 9.51 Å². The molecule has 28 heavy (non-hydrogen) atoms. The number of pyridine rings is 1. The smallest absolute Gasteiger partial charge is 0.261 e. The third kappa shape index (κ3) is 2.95. The molecule has 1 saturated carbocycles. The molecule has 0 spiro atoms. The summed E-state index contributed by atoms with van der Waals surface area (Å²) < 4.78 is 20.6. The highest BCUT2D eigenvalue weighted by Crippen LogP contribution is 2.43. The highest BCUT2D eigenvalue weighted by molar-refractivity contribution is 5.93. The molecule has 0 bridgehead atoms. The maximum absolute atomic E-state index is 15.0. The van der Waals surface area contributed by atoms with Crippen LogP contribution in [-0.2, 0) is 0 Å². The minimum Gasteiger partial charge on any atom is -0.356 e. The van der Waals surface area contributed by atoms with Gasteiger partial charge in [-0.2, -0.15) is 4.98 Å². The number of aryl methyl sites for hydroxylation is 2. The van der Waals surface area contributed by atoms with Gasteiger partial charge < -0.3 is 9.42 Å². The number of nitrogens with zero attached hydrogens (tertiary/aromatic N) is 4. The average Bonchev–Trinajstić information content (AvgIpc) is 3.44. The maximum Gasteiger partial charge on any atom is 0.261 e. The van der Waals surface area contributed by atoms with Crippen LogP contribution in [0.1, 0.15) is 55.5 Å². The third-order valence-corrected chi connectivity index (χ3v) is 6.18. The van der Waals surface area contributed by atoms with Gasteiger partial charge in [-0.05, 0) is 74.6 Å². The lowest BCUT2D eigenvalue weighted by atomic mass is 9.96. The fourth-order valence-corrected chi connectivity index (χ4v) is 4.24. The summed E-state index contributed by atoms with van der Waals surface area (Å²) in [6.07, 6.45) is 4.47. The molecule has 2 aliphatic rings. The van der Waals surface area contributed by atoms with Crippen LogP contribution in [0.25, 0.3) is 22.4 Å². The van der Waals surface area contributed by atoms with E-state index in [1.54, 1.807) is 6.07 Å². The van der Waals surface area contributed by atoms with Crippen molar-refractivity contribution >= 4 is 16.7 Å². The topological polar surface area (TPSA) is 55.1 Å². The van der Waals surface area contributed by atoms with E-state index in [1.807, 2.05) is 13.8 Å². The SMILES string of the molecule is Cc1noc(-c2c(N3CCC(C)CC3)nc3c(F)cc(C4CC4)cc3c2C)n1. The van der Waals surface area contributed by atoms with E-state index in [0.29, 0.717) is 29.1 Å². The van der Waals surface area contributed by atoms with Crippen molar-refractivity contribution in [3.8, 4) is 11.5 Å². The van der Waals surface area contributed by atoms with Crippen molar-refractivity contribution in [1.29, 1.82) is 0 Å². The van der Waals surface area contributed by atoms with E-state index in [-0.39, 0.29) is 5.82 Å². The zero-order valence-electron chi connectivity index (χ0n) is 16.6. The first-order valence-electron chi connectivity index (χ1n) is 10.2. The molecule has 0 radical (unpaired) electrons. The molecule has 3 heterocycles. The number of piperidine rings is 1. The van der Waals surface area contributed by atoms with Crippen LogP contribution in [0.15, 0.2) is 16.7 Å². The molecule has 1 saturated heterocycles. The lowest BCUT2D eigenvalue weighted by Gasteiger charge is -2.32. The van der Waals surface area contributed by atoms with E-state index in [0.717, 1.165) is 66.7 Å². The molecule has 146 valence electrons. The quantitative estimate of drug-likeness (QED) is 0.629. The van der Waals surface area contributed by atoms with Gasteiger partial charge in [-0.15, -0.1) is 0 Å². The summed E-state index contributed by atoms with van der Waals surface area (Å²) in [6, 6.07) is 3.78. The largest absolute Gasteiger partial charge is 0.356 e. The van der Waals surface area contributed by atoms with Gasteiger partial charge in [-0.1, -0.05) is 12.1 Å². The Morgan fingerprint density at radius 3 is 2.46 bits per heavy atom. The summed E-state index contributed by atoms with van der Waals surface area (Å²) in [5.41, 5.74) is 3.32. The normalized spacial score (nSPS) is 18.2. The Bertz CT molecular complexity index is 1050. The van der Waals surface area contributed by atoms with E-state index >= 15 is 4.39 Å². The van der Waals surface area contributed by atoms with Gasteiger partial charge in [0, 0.05) is 18.5 Å². The van der Waals surface area contributed by atoms with Crippen molar-refractivity contribution in [1.82, 2.24) is 15.1 Å². The summed E-state index contributed by atoms with van der Waals surface area (Å²) in [4.78, 5) is 11.5. The van der Waals surface area contributed by atoms with Gasteiger partial charge in [0.25, 0.3) is 5.89 Å². The molecule has 5 rings (SSSR count). The van der Waals surface area contributed by atoms with Gasteiger partial charge in [0.2, 0.25) is 0 Å². The molecule has 1 aliphatic carbocycles. The second-order valence-electron chi connectivity index (χ2n) is 8.42. The van der Waals surface area contributed by atoms with Crippen molar-refractivity contribution in [3.63, 3.8) is 0 Å². The van der Waals surface area contributed by atoms with Crippen LogP contribution in [0, 0.1) is 25.6 Å². The minimum absolute atomic E-state index is 0.234. The Kier molecular flexibility index (Phi) is 4.11. The van der Waals surface area contributed by atoms with Crippen LogP contribution in [0.5, 0.6) is 0 Å². The number of rotatable bonds is 3. The number of benzene rings is 1. The zero-order valence-corrected chi connectivity index (χ0v) is 16.6. The monoisotopic (exact) mass is 380 g/mol. The molecule has 0 amide bonds. The first-order valence-corrected chi connectivity index (χ1v) is 10.2. The Hall–Kier alpha value is -2.50. The molecule has 0 N–H and O–H groups in total. The number of hydrogen-bond donors (Lipinski definition) is 0. The number of fused-ring (bicyclic) bond motifs is 1. The fraction of sp³-hybridized carbons (Fsp3) is 0.500. The van der Waals surface area contributed by atoms with E-state index in [2.05, 4.69) is 28.0 Å². The van der Waals surface area contributed by atoms with Crippen LogP contribution in [0.3, 0.4) is 0 Å². The van der Waals surface area contributed by atoms with Crippen molar-refractivity contribution in [2.24, 2.45) is 5.92 Å². The van der Waals surface area contributed by atoms with Crippen LogP contribution < -0.4 is 4.90 Å². The van der Waals surface area contributed by atoms with Crippen molar-refractivity contribution < 1.29 is 8.91 Å². The standard InChI is InChI=1S/C22H25FN4O/c1-12-6-8-27(9-7-12)21-19(22-24-14(3)26-28-22)13(2)17-10-16(15-4-5-15)11-18(23)20(17)25-21/h10-12,15H,4-9H2,1-3H3. The predicted molar refractivity (Wildman–Crippen MR) is 107 cm³/mol.